The second kappa shape index (κ2) is 9.75. The van der Waals surface area contributed by atoms with Crippen LogP contribution in [0.15, 0.2) is 29.3 Å². The Kier molecular flexibility index (Phi) is 8.01. The second-order valence-corrected chi connectivity index (χ2v) is 6.31. The Bertz CT molecular complexity index is 539. The monoisotopic (exact) mass is 338 g/mol. The molecule has 0 aliphatic heterocycles. The molecule has 24 heavy (non-hydrogen) atoms. The molecule has 0 aliphatic rings. The van der Waals surface area contributed by atoms with Crippen molar-refractivity contribution >= 4 is 11.9 Å². The minimum Gasteiger partial charge on any atom is -0.494 e. The number of benzene rings is 1. The molecule has 0 bridgehead atoms. The summed E-state index contributed by atoms with van der Waals surface area (Å²) in [7, 11) is 1.64. The minimum atomic E-state index is -0.283. The largest absolute Gasteiger partial charge is 0.494 e. The number of carbonyl (C=O) groups is 1. The Labute approximate surface area is 142 Å². The number of nitrogens with one attached hydrogen (secondary N) is 3. The van der Waals surface area contributed by atoms with E-state index >= 15 is 0 Å². The van der Waals surface area contributed by atoms with Crippen LogP contribution in [0.4, 0.5) is 4.39 Å². The Hall–Kier alpha value is -2.31. The average Bonchev–Trinajstić information content (AvgIpc) is 2.50. The number of hydrogen-bond donors (Lipinski definition) is 3. The molecular formula is C17H27FN4O2. The van der Waals surface area contributed by atoms with Crippen molar-refractivity contribution in [1.29, 1.82) is 0 Å². The van der Waals surface area contributed by atoms with Crippen molar-refractivity contribution in [2.75, 3.05) is 26.7 Å². The number of amides is 1. The molecular weight excluding hydrogens is 311 g/mol. The highest BCUT2D eigenvalue weighted by Crippen LogP contribution is 2.10. The van der Waals surface area contributed by atoms with Gasteiger partial charge >= 0.3 is 0 Å². The van der Waals surface area contributed by atoms with Crippen molar-refractivity contribution in [2.24, 2.45) is 4.99 Å². The van der Waals surface area contributed by atoms with Crippen molar-refractivity contribution in [3.8, 4) is 5.75 Å². The van der Waals surface area contributed by atoms with Crippen LogP contribution in [-0.4, -0.2) is 44.1 Å². The first-order valence-corrected chi connectivity index (χ1v) is 7.94. The van der Waals surface area contributed by atoms with Crippen LogP contribution < -0.4 is 20.7 Å². The van der Waals surface area contributed by atoms with E-state index in [1.807, 2.05) is 20.8 Å². The van der Waals surface area contributed by atoms with Crippen molar-refractivity contribution < 1.29 is 13.9 Å². The lowest BCUT2D eigenvalue weighted by Gasteiger charge is -2.21. The van der Waals surface area contributed by atoms with Gasteiger partial charge in [-0.25, -0.2) is 4.39 Å². The van der Waals surface area contributed by atoms with Crippen molar-refractivity contribution in [3.63, 3.8) is 0 Å². The van der Waals surface area contributed by atoms with Crippen LogP contribution in [0.2, 0.25) is 0 Å². The fourth-order valence-electron chi connectivity index (χ4n) is 1.85. The Morgan fingerprint density at radius 2 is 1.88 bits per heavy atom. The number of ether oxygens (including phenoxy) is 1. The molecule has 0 heterocycles. The third-order valence-corrected chi connectivity index (χ3v) is 2.85. The van der Waals surface area contributed by atoms with Crippen LogP contribution in [0.3, 0.4) is 0 Å². The molecule has 0 aliphatic carbocycles. The second-order valence-electron chi connectivity index (χ2n) is 6.31. The van der Waals surface area contributed by atoms with E-state index in [0.29, 0.717) is 24.9 Å². The van der Waals surface area contributed by atoms with Crippen LogP contribution in [0, 0.1) is 5.82 Å². The van der Waals surface area contributed by atoms with Gasteiger partial charge in [0.15, 0.2) is 5.96 Å². The van der Waals surface area contributed by atoms with Crippen LogP contribution >= 0.6 is 0 Å². The predicted molar refractivity (Wildman–Crippen MR) is 93.8 cm³/mol. The van der Waals surface area contributed by atoms with Gasteiger partial charge in [0.25, 0.3) is 0 Å². The number of hydrogen-bond acceptors (Lipinski definition) is 3. The van der Waals surface area contributed by atoms with Gasteiger partial charge in [0.2, 0.25) is 5.91 Å². The van der Waals surface area contributed by atoms with Gasteiger partial charge in [-0.2, -0.15) is 0 Å². The summed E-state index contributed by atoms with van der Waals surface area (Å²) in [5.41, 5.74) is -0.257. The Balaban J connectivity index is 2.18. The fourth-order valence-corrected chi connectivity index (χ4v) is 1.85. The average molecular weight is 338 g/mol. The zero-order valence-corrected chi connectivity index (χ0v) is 14.8. The third-order valence-electron chi connectivity index (χ3n) is 2.85. The number of aliphatic imine (C=N–C) groups is 1. The normalized spacial score (nSPS) is 11.8. The standard InChI is InChI=1S/C17H27FN4O2/c1-17(2,3)22-15(23)12-21-16(19-4)20-10-5-11-24-14-8-6-13(18)7-9-14/h6-9H,5,10-12H2,1-4H3,(H,22,23)(H2,19,20,21). The van der Waals surface area contributed by atoms with Gasteiger partial charge in [0, 0.05) is 19.1 Å². The fraction of sp³-hybridized carbons (Fsp3) is 0.529. The molecule has 3 N–H and O–H groups in total. The molecule has 0 spiro atoms. The van der Waals surface area contributed by atoms with Crippen molar-refractivity contribution in [2.45, 2.75) is 32.7 Å². The molecule has 1 amide bonds. The molecule has 1 aromatic rings. The van der Waals surface area contributed by atoms with E-state index in [1.54, 1.807) is 19.2 Å². The first kappa shape index (κ1) is 19.7. The summed E-state index contributed by atoms with van der Waals surface area (Å²) < 4.78 is 18.3. The minimum absolute atomic E-state index is 0.0925. The summed E-state index contributed by atoms with van der Waals surface area (Å²) in [4.78, 5) is 15.8. The maximum Gasteiger partial charge on any atom is 0.239 e. The number of rotatable bonds is 7. The molecule has 134 valence electrons. The Morgan fingerprint density at radius 1 is 1.21 bits per heavy atom. The first-order valence-electron chi connectivity index (χ1n) is 7.94. The molecule has 6 nitrogen and oxygen atoms in total. The summed E-state index contributed by atoms with van der Waals surface area (Å²) in [5, 5.41) is 8.92. The number of nitrogens with zero attached hydrogens (tertiary/aromatic N) is 1. The quantitative estimate of drug-likeness (QED) is 0.402. The van der Waals surface area contributed by atoms with Crippen molar-refractivity contribution in [3.05, 3.63) is 30.1 Å². The lowest BCUT2D eigenvalue weighted by atomic mass is 10.1. The Morgan fingerprint density at radius 3 is 2.46 bits per heavy atom. The molecule has 0 fully saturated rings. The van der Waals surface area contributed by atoms with Gasteiger partial charge in [-0.15, -0.1) is 0 Å². The van der Waals surface area contributed by atoms with E-state index in [-0.39, 0.29) is 23.8 Å². The van der Waals surface area contributed by atoms with Crippen LogP contribution in [0.5, 0.6) is 5.75 Å². The van der Waals surface area contributed by atoms with Crippen LogP contribution in [0.25, 0.3) is 0 Å². The van der Waals surface area contributed by atoms with Gasteiger partial charge in [0.1, 0.15) is 11.6 Å². The summed E-state index contributed by atoms with van der Waals surface area (Å²) in [6.45, 7) is 7.09. The topological polar surface area (TPSA) is 74.8 Å². The summed E-state index contributed by atoms with van der Waals surface area (Å²) in [6.07, 6.45) is 0.742. The molecule has 0 aromatic heterocycles. The molecule has 7 heteroatoms. The van der Waals surface area contributed by atoms with Gasteiger partial charge < -0.3 is 20.7 Å². The lowest BCUT2D eigenvalue weighted by molar-refractivity contribution is -0.121. The number of carbonyl (C=O) groups excluding carboxylic acids is 1. The highest BCUT2D eigenvalue weighted by molar-refractivity contribution is 5.86. The molecule has 0 radical (unpaired) electrons. The SMILES string of the molecule is CN=C(NCCCOc1ccc(F)cc1)NCC(=O)NC(C)(C)C. The smallest absolute Gasteiger partial charge is 0.239 e. The molecule has 1 rings (SSSR count). The zero-order chi connectivity index (χ0) is 18.0. The number of halogens is 1. The number of guanidine groups is 1. The van der Waals surface area contributed by atoms with Crippen LogP contribution in [0.1, 0.15) is 27.2 Å². The van der Waals surface area contributed by atoms with Gasteiger partial charge in [-0.05, 0) is 51.5 Å². The van der Waals surface area contributed by atoms with Crippen molar-refractivity contribution in [1.82, 2.24) is 16.0 Å². The summed E-state index contributed by atoms with van der Waals surface area (Å²) in [6, 6.07) is 5.91. The van der Waals surface area contributed by atoms with Crippen LogP contribution in [-0.2, 0) is 4.79 Å². The van der Waals surface area contributed by atoms with E-state index < -0.39 is 0 Å². The summed E-state index contributed by atoms with van der Waals surface area (Å²) >= 11 is 0. The third kappa shape index (κ3) is 8.97. The highest BCUT2D eigenvalue weighted by atomic mass is 19.1. The zero-order valence-electron chi connectivity index (χ0n) is 14.8. The highest BCUT2D eigenvalue weighted by Gasteiger charge is 2.13. The molecule has 0 unspecified atom stereocenters. The summed E-state index contributed by atoms with van der Waals surface area (Å²) in [5.74, 6) is 0.818. The molecule has 0 saturated heterocycles. The van der Waals surface area contributed by atoms with E-state index in [4.69, 9.17) is 4.74 Å². The lowest BCUT2D eigenvalue weighted by Crippen LogP contribution is -2.48. The predicted octanol–water partition coefficient (Wildman–Crippen LogP) is 1.67. The molecule has 0 atom stereocenters. The first-order chi connectivity index (χ1) is 11.3. The van der Waals surface area contributed by atoms with Gasteiger partial charge in [-0.3, -0.25) is 9.79 Å². The maximum absolute atomic E-state index is 12.8. The van der Waals surface area contributed by atoms with E-state index in [9.17, 15) is 9.18 Å². The molecule has 1 aromatic carbocycles. The van der Waals surface area contributed by atoms with Gasteiger partial charge in [-0.1, -0.05) is 0 Å². The van der Waals surface area contributed by atoms with E-state index in [1.165, 1.54) is 12.1 Å². The van der Waals surface area contributed by atoms with E-state index in [2.05, 4.69) is 20.9 Å². The van der Waals surface area contributed by atoms with E-state index in [0.717, 1.165) is 6.42 Å². The van der Waals surface area contributed by atoms with Gasteiger partial charge in [0.05, 0.1) is 13.2 Å². The molecule has 0 saturated carbocycles. The maximum atomic E-state index is 12.8.